The molecule has 1 unspecified atom stereocenters. The second kappa shape index (κ2) is 32.0. The van der Waals surface area contributed by atoms with Gasteiger partial charge in [0.25, 0.3) is 27.8 Å². The normalized spacial score (nSPS) is 13.3. The van der Waals surface area contributed by atoms with E-state index < -0.39 is 0 Å². The fraction of sp³-hybridized carbons (Fsp3) is 0.152. The Morgan fingerprint density at radius 2 is 1.12 bits per heavy atom. The predicted octanol–water partition coefficient (Wildman–Crippen LogP) is 12.4. The van der Waals surface area contributed by atoms with Gasteiger partial charge in [-0.2, -0.15) is 4.98 Å². The molecular weight excluding hydrogens is 1310 g/mol. The maximum atomic E-state index is 13.3. The van der Waals surface area contributed by atoms with Gasteiger partial charge in [0, 0.05) is 43.7 Å². The van der Waals surface area contributed by atoms with Crippen molar-refractivity contribution in [1.29, 1.82) is 0 Å². The summed E-state index contributed by atoms with van der Waals surface area (Å²) in [6, 6.07) is 76.0. The minimum atomic E-state index is -0.216. The van der Waals surface area contributed by atoms with Crippen LogP contribution in [0.3, 0.4) is 0 Å². The summed E-state index contributed by atoms with van der Waals surface area (Å²) in [7, 11) is 3.53. The zero-order valence-electron chi connectivity index (χ0n) is 55.8. The van der Waals surface area contributed by atoms with Gasteiger partial charge in [0.15, 0.2) is 5.16 Å². The summed E-state index contributed by atoms with van der Waals surface area (Å²) in [5.74, 6) is 3.38. The van der Waals surface area contributed by atoms with Crippen molar-refractivity contribution in [3.05, 3.63) is 300 Å². The molecule has 2 fully saturated rings. The molecule has 17 rings (SSSR count). The Bertz CT molecular complexity index is 5750. The van der Waals surface area contributed by atoms with Gasteiger partial charge >= 0.3 is 0 Å². The number of aryl methyl sites for hydroxylation is 1. The molecule has 6 aromatic heterocycles. The van der Waals surface area contributed by atoms with Crippen LogP contribution >= 0.6 is 11.8 Å². The first-order chi connectivity index (χ1) is 49.9. The summed E-state index contributed by atoms with van der Waals surface area (Å²) >= 11 is 1.54. The molecule has 0 bridgehead atoms. The van der Waals surface area contributed by atoms with Gasteiger partial charge in [0.1, 0.15) is 5.75 Å². The van der Waals surface area contributed by atoms with Gasteiger partial charge in [-0.3, -0.25) is 33.5 Å². The monoisotopic (exact) mass is 1370 g/mol. The molecule has 22 nitrogen and oxygen atoms in total. The maximum Gasteiger partial charge on any atom is 0.282 e. The summed E-state index contributed by atoms with van der Waals surface area (Å²) in [5.41, 5.74) is 14.3. The molecule has 0 radical (unpaired) electrons. The minimum absolute atomic E-state index is 0.0768. The number of anilines is 4. The van der Waals surface area contributed by atoms with Crippen molar-refractivity contribution in [3.8, 4) is 28.3 Å². The summed E-state index contributed by atoms with van der Waals surface area (Å²) in [6.07, 6.45) is 2.09. The van der Waals surface area contributed by atoms with Crippen LogP contribution in [0, 0.1) is 0 Å². The van der Waals surface area contributed by atoms with Gasteiger partial charge in [-0.05, 0) is 127 Å². The first-order valence-electron chi connectivity index (χ1n) is 33.1. The van der Waals surface area contributed by atoms with Crippen LogP contribution < -0.4 is 48.5 Å². The highest BCUT2D eigenvalue weighted by molar-refractivity contribution is 7.98. The molecule has 1 atom stereocenters. The third-order valence-corrected chi connectivity index (χ3v) is 18.0. The van der Waals surface area contributed by atoms with Crippen LogP contribution in [-0.2, 0) is 28.8 Å². The van der Waals surface area contributed by atoms with E-state index in [1.54, 1.807) is 47.9 Å². The van der Waals surface area contributed by atoms with Gasteiger partial charge in [0.2, 0.25) is 23.6 Å². The highest BCUT2D eigenvalue weighted by Crippen LogP contribution is 2.28. The number of benzene rings is 9. The van der Waals surface area contributed by atoms with E-state index in [4.69, 9.17) is 24.9 Å². The Morgan fingerprint density at radius 3 is 1.76 bits per heavy atom. The number of fused-ring (bicyclic) bond motifs is 6. The van der Waals surface area contributed by atoms with Crippen molar-refractivity contribution in [3.63, 3.8) is 0 Å². The molecule has 0 spiro atoms. The summed E-state index contributed by atoms with van der Waals surface area (Å²) in [6.45, 7) is 4.14. The van der Waals surface area contributed by atoms with E-state index in [-0.39, 0.29) is 39.8 Å². The Hall–Kier alpha value is -12.4. The average Bonchev–Trinajstić information content (AvgIpc) is 0.795. The summed E-state index contributed by atoms with van der Waals surface area (Å²) in [5, 5.41) is 6.88. The van der Waals surface area contributed by atoms with Crippen LogP contribution in [0.5, 0.6) is 5.75 Å². The minimum Gasteiger partial charge on any atom is -0.497 e. The quantitative estimate of drug-likeness (QED) is 0.0532. The number of hydrogen-bond donors (Lipinski definition) is 4. The molecule has 510 valence electrons. The fourth-order valence-corrected chi connectivity index (χ4v) is 12.6. The molecule has 102 heavy (non-hydrogen) atoms. The van der Waals surface area contributed by atoms with Crippen molar-refractivity contribution in [2.45, 2.75) is 36.4 Å². The van der Waals surface area contributed by atoms with Crippen LogP contribution in [0.25, 0.3) is 82.8 Å². The number of rotatable bonds is 11. The predicted molar refractivity (Wildman–Crippen MR) is 404 cm³/mol. The van der Waals surface area contributed by atoms with Crippen molar-refractivity contribution >= 4 is 95.6 Å². The fourth-order valence-electron chi connectivity index (χ4n) is 11.7. The molecule has 8 heterocycles. The molecule has 0 saturated carbocycles. The second-order valence-electron chi connectivity index (χ2n) is 23.7. The Labute approximate surface area is 587 Å². The van der Waals surface area contributed by atoms with E-state index in [9.17, 15) is 24.0 Å². The third-order valence-electron chi connectivity index (χ3n) is 17.0. The third kappa shape index (κ3) is 16.0. The molecule has 2 aliphatic heterocycles. The highest BCUT2D eigenvalue weighted by Gasteiger charge is 2.20. The highest BCUT2D eigenvalue weighted by atomic mass is 32.2. The zero-order chi connectivity index (χ0) is 70.3. The van der Waals surface area contributed by atoms with Gasteiger partial charge in [0.05, 0.1) is 98.9 Å². The van der Waals surface area contributed by atoms with Gasteiger partial charge in [-0.25, -0.2) is 29.3 Å². The number of nitrogens with zero attached hydrogens (tertiary/aromatic N) is 10. The zero-order valence-corrected chi connectivity index (χ0v) is 56.6. The van der Waals surface area contributed by atoms with E-state index in [1.165, 1.54) is 21.9 Å². The number of aromatic amines is 2. The van der Waals surface area contributed by atoms with Crippen molar-refractivity contribution < 1.29 is 14.2 Å². The SMILES string of the molecule is COc1ccc(-c2cc(-c3ccccc3)n3c(=O)c4ccccc4nc3n2)cc1.Cn1c(Nc2ccccc2)nc(=O)c2ccccc21.Nc1nc2ccccc2c(=O)n1CC1CCCO1.O=c1[nH]c(N2CCOCC2)nc2ccccc12.O=c1[nH]c(SCc2ccccc2)nc2ccccc12. The summed E-state index contributed by atoms with van der Waals surface area (Å²) < 4.78 is 21.0. The number of thioether (sulfide) groups is 1. The largest absolute Gasteiger partial charge is 0.497 e. The molecule has 2 aliphatic rings. The number of H-pyrrole nitrogens is 2. The van der Waals surface area contributed by atoms with Gasteiger partial charge in [-0.15, -0.1) is 0 Å². The van der Waals surface area contributed by atoms with E-state index in [0.717, 1.165) is 88.8 Å². The Kier molecular flexibility index (Phi) is 21.4. The van der Waals surface area contributed by atoms with Crippen LogP contribution in [0.15, 0.2) is 272 Å². The van der Waals surface area contributed by atoms with Crippen molar-refractivity contribution in [1.82, 2.24) is 53.4 Å². The number of para-hydroxylation sites is 6. The molecule has 5 N–H and O–H groups in total. The number of nitrogen functional groups attached to an aromatic ring is 1. The van der Waals surface area contributed by atoms with Crippen LogP contribution in [0.1, 0.15) is 18.4 Å². The van der Waals surface area contributed by atoms with Crippen LogP contribution in [0.4, 0.5) is 23.5 Å². The average molecular weight is 1380 g/mol. The number of hydrogen-bond acceptors (Lipinski definition) is 18. The number of aromatic nitrogens is 11. The lowest BCUT2D eigenvalue weighted by Crippen LogP contribution is -2.38. The smallest absolute Gasteiger partial charge is 0.282 e. The molecule has 15 aromatic rings. The first-order valence-corrected chi connectivity index (χ1v) is 34.1. The number of methoxy groups -OCH3 is 1. The number of ether oxygens (including phenoxy) is 3. The number of nitrogens with one attached hydrogen (secondary N) is 3. The lowest BCUT2D eigenvalue weighted by molar-refractivity contribution is 0.0966. The van der Waals surface area contributed by atoms with Crippen molar-refractivity contribution in [2.24, 2.45) is 7.05 Å². The molecule has 0 amide bonds. The number of morpholine rings is 1. The van der Waals surface area contributed by atoms with E-state index in [0.29, 0.717) is 80.6 Å². The number of nitrogens with two attached hydrogens (primary N) is 1. The maximum absolute atomic E-state index is 13.3. The molecule has 9 aromatic carbocycles. The standard InChI is InChI=1S/C24H17N3O2.C15H13N3O.C15H12N2OS.C13H15N3O2.C12H13N3O2/c1-29-18-13-11-16(12-14-18)21-15-22(17-7-3-2-4-8-17)27-23(28)19-9-5-6-10-20(19)25-24(27)26-21;1-18-13-10-6-5-9-12(13)14(19)17-15(18)16-11-7-3-2-4-8-11;18-14-12-8-4-5-9-13(12)16-15(17-14)19-10-11-6-2-1-3-7-11;14-13-15-11-6-2-1-5-10(11)12(17)16(13)8-9-4-3-7-18-9;16-11-9-3-1-2-4-10(9)13-12(14-11)15-5-7-17-8-6-15/h2-15H,1H3;2-10H,1H3,(H,16,17,19);1-9H,10H2,(H,16,17,18);1-2,5-6,9H,3-4,7-8H2,(H2,14,15);1-4H,5-8H2,(H,13,14,16). The van der Waals surface area contributed by atoms with Crippen LogP contribution in [-0.4, -0.2) is 99.5 Å². The molecular formula is C79H70N14O8S. The molecule has 23 heteroatoms. The van der Waals surface area contributed by atoms with E-state index in [1.807, 2.05) is 211 Å². The van der Waals surface area contributed by atoms with Gasteiger partial charge < -0.3 is 39.7 Å². The lowest BCUT2D eigenvalue weighted by Gasteiger charge is -2.27. The summed E-state index contributed by atoms with van der Waals surface area (Å²) in [4.78, 5) is 95.7. The van der Waals surface area contributed by atoms with Gasteiger partial charge in [-0.1, -0.05) is 151 Å². The van der Waals surface area contributed by atoms with Crippen LogP contribution in [0.2, 0.25) is 0 Å². The Balaban J connectivity index is 0.000000116. The lowest BCUT2D eigenvalue weighted by atomic mass is 10.1. The molecule has 0 aliphatic carbocycles. The Morgan fingerprint density at radius 1 is 0.559 bits per heavy atom. The van der Waals surface area contributed by atoms with E-state index >= 15 is 0 Å². The first kappa shape index (κ1) is 68.1. The molecule has 2 saturated heterocycles. The van der Waals surface area contributed by atoms with E-state index in [2.05, 4.69) is 52.3 Å². The topological polar surface area (TPSA) is 278 Å². The van der Waals surface area contributed by atoms with Crippen molar-refractivity contribution in [2.75, 3.05) is 56.0 Å². The second-order valence-corrected chi connectivity index (χ2v) is 24.7.